The molecule has 1 N–H and O–H groups in total. The van der Waals surface area contributed by atoms with Gasteiger partial charge in [-0.15, -0.1) is 0 Å². The summed E-state index contributed by atoms with van der Waals surface area (Å²) in [5, 5.41) is 12.7. The van der Waals surface area contributed by atoms with Gasteiger partial charge in [0.05, 0.1) is 12.1 Å². The number of rotatable bonds is 4. The van der Waals surface area contributed by atoms with Gasteiger partial charge >= 0.3 is 6.09 Å². The molecule has 34 heavy (non-hydrogen) atoms. The van der Waals surface area contributed by atoms with E-state index in [1.165, 1.54) is 0 Å². The standard InChI is InChI=1S/C30H35NO3/c1-21-13-9-11-17-24(21)30(33,25-18-12-10-14-22(25)2)27-20-19-26(23-15-7-6-8-16-23)31(27)28(32)34-29(3,4)5/h6-18,26-27,33H,19-20H2,1-5H3/t26?,27-/m0/s1. The number of benzene rings is 3. The SMILES string of the molecule is Cc1ccccc1C(O)(c1ccccc1C)[C@@H]1CCC(c2ccccc2)N1C(=O)OC(C)(C)C. The molecule has 0 bridgehead atoms. The lowest BCUT2D eigenvalue weighted by molar-refractivity contribution is -0.0345. The molecule has 4 rings (SSSR count). The Labute approximate surface area is 203 Å². The minimum atomic E-state index is -1.39. The molecule has 1 heterocycles. The largest absolute Gasteiger partial charge is 0.444 e. The highest BCUT2D eigenvalue weighted by Crippen LogP contribution is 2.48. The van der Waals surface area contributed by atoms with E-state index >= 15 is 0 Å². The zero-order chi connectivity index (χ0) is 24.5. The first-order valence-corrected chi connectivity index (χ1v) is 12.0. The highest BCUT2D eigenvalue weighted by atomic mass is 16.6. The zero-order valence-electron chi connectivity index (χ0n) is 20.8. The molecule has 178 valence electrons. The Kier molecular flexibility index (Phi) is 6.55. The maximum absolute atomic E-state index is 13.7. The van der Waals surface area contributed by atoms with Gasteiger partial charge in [-0.25, -0.2) is 4.79 Å². The average Bonchev–Trinajstić information content (AvgIpc) is 3.25. The van der Waals surface area contributed by atoms with Crippen molar-refractivity contribution in [2.75, 3.05) is 0 Å². The molecule has 4 heteroatoms. The summed E-state index contributed by atoms with van der Waals surface area (Å²) >= 11 is 0. The molecule has 1 amide bonds. The number of ether oxygens (including phenoxy) is 1. The number of amides is 1. The number of carbonyl (C=O) groups excluding carboxylic acids is 1. The first-order chi connectivity index (χ1) is 16.1. The van der Waals surface area contributed by atoms with Gasteiger partial charge in [-0.2, -0.15) is 0 Å². The van der Waals surface area contributed by atoms with Gasteiger partial charge in [-0.1, -0.05) is 78.9 Å². The van der Waals surface area contributed by atoms with Crippen molar-refractivity contribution in [3.63, 3.8) is 0 Å². The maximum Gasteiger partial charge on any atom is 0.411 e. The molecule has 0 saturated carbocycles. The molecule has 0 aromatic heterocycles. The van der Waals surface area contributed by atoms with E-state index in [2.05, 4.69) is 0 Å². The second kappa shape index (κ2) is 9.27. The molecule has 1 fully saturated rings. The molecule has 1 aliphatic rings. The Morgan fingerprint density at radius 2 is 1.32 bits per heavy atom. The summed E-state index contributed by atoms with van der Waals surface area (Å²) in [4.78, 5) is 15.5. The van der Waals surface area contributed by atoms with Crippen molar-refractivity contribution in [1.29, 1.82) is 0 Å². The van der Waals surface area contributed by atoms with Crippen LogP contribution in [0.3, 0.4) is 0 Å². The molecule has 1 unspecified atom stereocenters. The van der Waals surface area contributed by atoms with E-state index in [-0.39, 0.29) is 6.04 Å². The molecule has 4 nitrogen and oxygen atoms in total. The van der Waals surface area contributed by atoms with E-state index in [4.69, 9.17) is 4.74 Å². The topological polar surface area (TPSA) is 49.8 Å². The molecule has 0 aliphatic carbocycles. The summed E-state index contributed by atoms with van der Waals surface area (Å²) in [6.45, 7) is 9.66. The molecule has 1 saturated heterocycles. The van der Waals surface area contributed by atoms with Crippen molar-refractivity contribution in [3.8, 4) is 0 Å². The quantitative estimate of drug-likeness (QED) is 0.475. The van der Waals surface area contributed by atoms with E-state index in [1.807, 2.05) is 113 Å². The van der Waals surface area contributed by atoms with Crippen LogP contribution in [0.2, 0.25) is 0 Å². The van der Waals surface area contributed by atoms with Crippen LogP contribution in [-0.2, 0) is 10.3 Å². The molecule has 0 radical (unpaired) electrons. The molecule has 0 spiro atoms. The van der Waals surface area contributed by atoms with Crippen molar-refractivity contribution in [3.05, 3.63) is 107 Å². The summed E-state index contributed by atoms with van der Waals surface area (Å²) < 4.78 is 5.91. The highest BCUT2D eigenvalue weighted by molar-refractivity contribution is 5.71. The van der Waals surface area contributed by atoms with Gasteiger partial charge in [0.25, 0.3) is 0 Å². The smallest absolute Gasteiger partial charge is 0.411 e. The fourth-order valence-corrected chi connectivity index (χ4v) is 5.30. The number of carbonyl (C=O) groups is 1. The monoisotopic (exact) mass is 457 g/mol. The Bertz CT molecular complexity index is 1100. The van der Waals surface area contributed by atoms with Crippen molar-refractivity contribution < 1.29 is 14.6 Å². The highest BCUT2D eigenvalue weighted by Gasteiger charge is 2.52. The van der Waals surface area contributed by atoms with Crippen LogP contribution < -0.4 is 0 Å². The Morgan fingerprint density at radius 3 is 1.82 bits per heavy atom. The first kappa shape index (κ1) is 24.0. The lowest BCUT2D eigenvalue weighted by atomic mass is 9.76. The van der Waals surface area contributed by atoms with Crippen molar-refractivity contribution >= 4 is 6.09 Å². The van der Waals surface area contributed by atoms with Gasteiger partial charge in [0.15, 0.2) is 0 Å². The second-order valence-electron chi connectivity index (χ2n) is 10.3. The van der Waals surface area contributed by atoms with Gasteiger partial charge in [-0.3, -0.25) is 4.90 Å². The third-order valence-corrected chi connectivity index (χ3v) is 6.77. The summed E-state index contributed by atoms with van der Waals surface area (Å²) in [5.41, 5.74) is 2.62. The Hall–Kier alpha value is -3.11. The molecule has 3 aromatic rings. The maximum atomic E-state index is 13.7. The van der Waals surface area contributed by atoms with E-state index in [0.29, 0.717) is 6.42 Å². The van der Waals surface area contributed by atoms with Gasteiger partial charge in [0, 0.05) is 0 Å². The van der Waals surface area contributed by atoms with Crippen molar-refractivity contribution in [1.82, 2.24) is 4.90 Å². The third kappa shape index (κ3) is 4.47. The van der Waals surface area contributed by atoms with Gasteiger partial charge in [0.1, 0.15) is 11.2 Å². The van der Waals surface area contributed by atoms with Crippen LogP contribution in [0.25, 0.3) is 0 Å². The number of hydrogen-bond donors (Lipinski definition) is 1. The Balaban J connectivity index is 1.91. The molecular weight excluding hydrogens is 422 g/mol. The van der Waals surface area contributed by atoms with E-state index < -0.39 is 23.3 Å². The molecule has 3 aromatic carbocycles. The van der Waals surface area contributed by atoms with Crippen LogP contribution in [-0.4, -0.2) is 27.7 Å². The number of nitrogens with zero attached hydrogens (tertiary/aromatic N) is 1. The average molecular weight is 458 g/mol. The predicted molar refractivity (Wildman–Crippen MR) is 136 cm³/mol. The van der Waals surface area contributed by atoms with Crippen LogP contribution in [0.4, 0.5) is 4.79 Å². The van der Waals surface area contributed by atoms with Crippen LogP contribution >= 0.6 is 0 Å². The molecule has 2 atom stereocenters. The van der Waals surface area contributed by atoms with Crippen LogP contribution in [0, 0.1) is 13.8 Å². The number of likely N-dealkylation sites (tertiary alicyclic amines) is 1. The Morgan fingerprint density at radius 1 is 0.824 bits per heavy atom. The number of aryl methyl sites for hydroxylation is 2. The fourth-order valence-electron chi connectivity index (χ4n) is 5.30. The lowest BCUT2D eigenvalue weighted by Gasteiger charge is -2.43. The van der Waals surface area contributed by atoms with Crippen molar-refractivity contribution in [2.24, 2.45) is 0 Å². The summed E-state index contributed by atoms with van der Waals surface area (Å²) in [7, 11) is 0. The van der Waals surface area contributed by atoms with Gasteiger partial charge < -0.3 is 9.84 Å². The zero-order valence-corrected chi connectivity index (χ0v) is 20.8. The number of hydrogen-bond acceptors (Lipinski definition) is 3. The minimum absolute atomic E-state index is 0.180. The predicted octanol–water partition coefficient (Wildman–Crippen LogP) is 6.68. The van der Waals surface area contributed by atoms with Gasteiger partial charge in [0.2, 0.25) is 0 Å². The van der Waals surface area contributed by atoms with E-state index in [0.717, 1.165) is 34.2 Å². The van der Waals surface area contributed by atoms with Crippen LogP contribution in [0.5, 0.6) is 0 Å². The van der Waals surface area contributed by atoms with Crippen LogP contribution in [0.1, 0.15) is 67.5 Å². The lowest BCUT2D eigenvalue weighted by Crippen LogP contribution is -2.52. The van der Waals surface area contributed by atoms with Crippen molar-refractivity contribution in [2.45, 2.75) is 70.7 Å². The molecular formula is C30H35NO3. The normalized spacial score (nSPS) is 18.7. The van der Waals surface area contributed by atoms with E-state index in [1.54, 1.807) is 4.90 Å². The summed E-state index contributed by atoms with van der Waals surface area (Å²) in [5.74, 6) is 0. The van der Waals surface area contributed by atoms with Gasteiger partial charge in [-0.05, 0) is 75.3 Å². The first-order valence-electron chi connectivity index (χ1n) is 12.0. The third-order valence-electron chi connectivity index (χ3n) is 6.77. The second-order valence-corrected chi connectivity index (χ2v) is 10.3. The summed E-state index contributed by atoms with van der Waals surface area (Å²) in [6.07, 6.45) is 0.996. The molecule has 1 aliphatic heterocycles. The minimum Gasteiger partial charge on any atom is -0.444 e. The van der Waals surface area contributed by atoms with Crippen LogP contribution in [0.15, 0.2) is 78.9 Å². The summed E-state index contributed by atoms with van der Waals surface area (Å²) in [6, 6.07) is 25.2. The van der Waals surface area contributed by atoms with E-state index in [9.17, 15) is 9.90 Å². The fraction of sp³-hybridized carbons (Fsp3) is 0.367. The number of aliphatic hydroxyl groups is 1.